The topological polar surface area (TPSA) is 62.5 Å². The van der Waals surface area contributed by atoms with E-state index >= 15 is 0 Å². The summed E-state index contributed by atoms with van der Waals surface area (Å²) in [4.78, 5) is 24.2. The Morgan fingerprint density at radius 3 is 2.42 bits per heavy atom. The van der Waals surface area contributed by atoms with Gasteiger partial charge in [-0.15, -0.1) is 0 Å². The molecule has 1 amide bonds. The Morgan fingerprint density at radius 2 is 1.76 bits per heavy atom. The van der Waals surface area contributed by atoms with Gasteiger partial charge in [0.2, 0.25) is 5.91 Å². The molecule has 6 nitrogen and oxygen atoms in total. The first-order valence-electron chi connectivity index (χ1n) is 10.2. The molecule has 11 heteroatoms. The molecule has 1 fully saturated rings. The number of hydrogen-bond acceptors (Lipinski definition) is 5. The third kappa shape index (κ3) is 5.42. The van der Waals surface area contributed by atoms with E-state index in [4.69, 9.17) is 27.6 Å². The monoisotopic (exact) mass is 498 g/mol. The summed E-state index contributed by atoms with van der Waals surface area (Å²) in [5.74, 6) is 1.21. The van der Waals surface area contributed by atoms with Gasteiger partial charge in [-0.3, -0.25) is 4.79 Å². The molecule has 1 saturated heterocycles. The Morgan fingerprint density at radius 1 is 1.03 bits per heavy atom. The van der Waals surface area contributed by atoms with E-state index in [2.05, 4.69) is 9.97 Å². The molecule has 0 spiro atoms. The van der Waals surface area contributed by atoms with Crippen molar-refractivity contribution in [3.63, 3.8) is 0 Å². The van der Waals surface area contributed by atoms with Crippen molar-refractivity contribution in [2.45, 2.75) is 19.0 Å². The van der Waals surface area contributed by atoms with E-state index in [9.17, 15) is 18.0 Å². The van der Waals surface area contributed by atoms with Gasteiger partial charge in [0.1, 0.15) is 5.82 Å². The van der Waals surface area contributed by atoms with E-state index in [0.29, 0.717) is 49.3 Å². The lowest BCUT2D eigenvalue weighted by molar-refractivity contribution is -0.137. The zero-order chi connectivity index (χ0) is 23.6. The lowest BCUT2D eigenvalue weighted by Gasteiger charge is -2.35. The molecule has 3 heterocycles. The molecule has 0 N–H and O–H groups in total. The van der Waals surface area contributed by atoms with Gasteiger partial charge in [-0.2, -0.15) is 13.2 Å². The molecule has 4 rings (SSSR count). The van der Waals surface area contributed by atoms with Crippen molar-refractivity contribution in [3.8, 4) is 11.3 Å². The lowest BCUT2D eigenvalue weighted by Crippen LogP contribution is -2.49. The third-order valence-corrected chi connectivity index (χ3v) is 5.93. The maximum absolute atomic E-state index is 12.8. The van der Waals surface area contributed by atoms with Crippen molar-refractivity contribution < 1.29 is 22.4 Å². The van der Waals surface area contributed by atoms with Gasteiger partial charge >= 0.3 is 6.18 Å². The van der Waals surface area contributed by atoms with Crippen LogP contribution in [0.3, 0.4) is 0 Å². The van der Waals surface area contributed by atoms with Crippen LogP contribution in [0.15, 0.2) is 47.1 Å². The van der Waals surface area contributed by atoms with Gasteiger partial charge in [0.25, 0.3) is 0 Å². The number of amides is 1. The molecular formula is C22H19Cl2F3N4O2. The maximum atomic E-state index is 12.8. The Bertz CT molecular complexity index is 1140. The zero-order valence-corrected chi connectivity index (χ0v) is 18.8. The fourth-order valence-corrected chi connectivity index (χ4v) is 4.08. The Hall–Kier alpha value is -2.78. The van der Waals surface area contributed by atoms with Gasteiger partial charge in [-0.05, 0) is 18.2 Å². The lowest BCUT2D eigenvalue weighted by atomic mass is 10.2. The van der Waals surface area contributed by atoms with Crippen molar-refractivity contribution >= 4 is 34.9 Å². The maximum Gasteiger partial charge on any atom is 0.417 e. The summed E-state index contributed by atoms with van der Waals surface area (Å²) in [5, 5.41) is 0.486. The molecule has 3 aromatic rings. The molecule has 0 bridgehead atoms. The van der Waals surface area contributed by atoms with Crippen LogP contribution in [-0.4, -0.2) is 47.0 Å². The predicted molar refractivity (Wildman–Crippen MR) is 118 cm³/mol. The average Bonchev–Trinajstić information content (AvgIpc) is 3.26. The van der Waals surface area contributed by atoms with Gasteiger partial charge in [-0.1, -0.05) is 35.3 Å². The van der Waals surface area contributed by atoms with Crippen molar-refractivity contribution in [1.82, 2.24) is 14.9 Å². The molecular weight excluding hydrogens is 480 g/mol. The van der Waals surface area contributed by atoms with Crippen molar-refractivity contribution in [2.24, 2.45) is 0 Å². The first kappa shape index (κ1) is 23.4. The molecule has 0 atom stereocenters. The largest absolute Gasteiger partial charge is 0.441 e. The van der Waals surface area contributed by atoms with E-state index in [1.165, 1.54) is 0 Å². The van der Waals surface area contributed by atoms with Crippen molar-refractivity contribution in [1.29, 1.82) is 0 Å². The van der Waals surface area contributed by atoms with Gasteiger partial charge in [0.15, 0.2) is 11.7 Å². The zero-order valence-electron chi connectivity index (χ0n) is 17.3. The number of halogens is 5. The number of piperazine rings is 1. The molecule has 1 aliphatic rings. The second-order valence-corrected chi connectivity index (χ2v) is 8.31. The number of anilines is 1. The van der Waals surface area contributed by atoms with Crippen LogP contribution in [-0.2, 0) is 17.4 Å². The number of alkyl halides is 3. The van der Waals surface area contributed by atoms with Crippen LogP contribution in [0.4, 0.5) is 19.0 Å². The number of oxazole rings is 1. The molecule has 2 aromatic heterocycles. The summed E-state index contributed by atoms with van der Waals surface area (Å²) in [6.07, 6.45) is -1.58. The third-order valence-electron chi connectivity index (χ3n) is 5.33. The van der Waals surface area contributed by atoms with E-state index in [1.54, 1.807) is 22.1 Å². The van der Waals surface area contributed by atoms with Crippen molar-refractivity contribution in [2.75, 3.05) is 31.1 Å². The summed E-state index contributed by atoms with van der Waals surface area (Å²) in [6.45, 7) is 1.65. The Balaban J connectivity index is 1.30. The minimum atomic E-state index is -4.50. The number of nitrogens with zero attached hydrogens (tertiary/aromatic N) is 4. The molecule has 0 radical (unpaired) electrons. The van der Waals surface area contributed by atoms with Crippen LogP contribution in [0, 0.1) is 0 Å². The number of carbonyl (C=O) groups excluding carboxylic acids is 1. The normalized spacial score (nSPS) is 14.6. The highest BCUT2D eigenvalue weighted by Crippen LogP contribution is 2.34. The number of pyridine rings is 1. The SMILES string of the molecule is O=C(CCc1ncc(-c2ccccc2Cl)o1)N1CCN(c2ncc(C(F)(F)F)cc2Cl)CC1. The van der Waals surface area contributed by atoms with E-state index < -0.39 is 11.7 Å². The Kier molecular flexibility index (Phi) is 6.81. The highest BCUT2D eigenvalue weighted by molar-refractivity contribution is 6.33. The van der Waals surface area contributed by atoms with E-state index in [0.717, 1.165) is 17.8 Å². The first-order valence-corrected chi connectivity index (χ1v) is 10.9. The fourth-order valence-electron chi connectivity index (χ4n) is 3.57. The van der Waals surface area contributed by atoms with Crippen LogP contribution < -0.4 is 4.90 Å². The minimum absolute atomic E-state index is 0.0568. The molecule has 0 saturated carbocycles. The number of rotatable bonds is 5. The highest BCUT2D eigenvalue weighted by atomic mass is 35.5. The molecule has 0 aliphatic carbocycles. The number of carbonyl (C=O) groups is 1. The number of benzene rings is 1. The molecule has 1 aromatic carbocycles. The predicted octanol–water partition coefficient (Wildman–Crippen LogP) is 5.34. The summed E-state index contributed by atoms with van der Waals surface area (Å²) in [6, 6.07) is 8.13. The smallest absolute Gasteiger partial charge is 0.417 e. The number of aromatic nitrogens is 2. The van der Waals surface area contributed by atoms with Gasteiger partial charge in [-0.25, -0.2) is 9.97 Å². The quantitative estimate of drug-likeness (QED) is 0.474. The second kappa shape index (κ2) is 9.61. The minimum Gasteiger partial charge on any atom is -0.441 e. The van der Waals surface area contributed by atoms with Crippen LogP contribution >= 0.6 is 23.2 Å². The van der Waals surface area contributed by atoms with Crippen LogP contribution in [0.5, 0.6) is 0 Å². The van der Waals surface area contributed by atoms with Crippen LogP contribution in [0.2, 0.25) is 10.0 Å². The molecule has 174 valence electrons. The van der Waals surface area contributed by atoms with Gasteiger partial charge < -0.3 is 14.2 Å². The summed E-state index contributed by atoms with van der Waals surface area (Å²) in [5.41, 5.74) is -0.162. The van der Waals surface area contributed by atoms with Crippen molar-refractivity contribution in [3.05, 3.63) is 64.2 Å². The van der Waals surface area contributed by atoms with E-state index in [1.807, 2.05) is 18.2 Å². The fraction of sp³-hybridized carbons (Fsp3) is 0.318. The molecule has 33 heavy (non-hydrogen) atoms. The van der Waals surface area contributed by atoms with Crippen LogP contribution in [0.1, 0.15) is 17.9 Å². The summed E-state index contributed by atoms with van der Waals surface area (Å²) < 4.78 is 44.2. The number of hydrogen-bond donors (Lipinski definition) is 0. The second-order valence-electron chi connectivity index (χ2n) is 7.49. The highest BCUT2D eigenvalue weighted by Gasteiger charge is 2.32. The Labute approximate surface area is 197 Å². The van der Waals surface area contributed by atoms with Gasteiger partial charge in [0.05, 0.1) is 21.8 Å². The van der Waals surface area contributed by atoms with Gasteiger partial charge in [0, 0.05) is 50.8 Å². The average molecular weight is 499 g/mol. The standard InChI is InChI=1S/C22H19Cl2F3N4O2/c23-16-4-2-1-3-15(16)18-13-28-19(33-18)5-6-20(32)30-7-9-31(10-8-30)21-17(24)11-14(12-29-21)22(25,26)27/h1-4,11-13H,5-10H2. The van der Waals surface area contributed by atoms with Crippen LogP contribution in [0.25, 0.3) is 11.3 Å². The summed E-state index contributed by atoms with van der Waals surface area (Å²) >= 11 is 12.2. The molecule has 1 aliphatic heterocycles. The number of aryl methyl sites for hydroxylation is 1. The summed E-state index contributed by atoms with van der Waals surface area (Å²) in [7, 11) is 0. The molecule has 0 unspecified atom stereocenters. The van der Waals surface area contributed by atoms with E-state index in [-0.39, 0.29) is 23.2 Å². The first-order chi connectivity index (χ1) is 15.7.